The lowest BCUT2D eigenvalue weighted by Crippen LogP contribution is -2.12. The van der Waals surface area contributed by atoms with Crippen molar-refractivity contribution >= 4 is 54.2 Å². The molecule has 3 rings (SSSR count). The Hall–Kier alpha value is -2.32. The van der Waals surface area contributed by atoms with Crippen LogP contribution in [0.25, 0.3) is 10.2 Å². The van der Waals surface area contributed by atoms with Crippen LogP contribution in [0.3, 0.4) is 0 Å². The molecule has 2 aromatic carbocycles. The molecule has 0 saturated heterocycles. The van der Waals surface area contributed by atoms with Crippen LogP contribution in [0.1, 0.15) is 15.9 Å². The van der Waals surface area contributed by atoms with Crippen molar-refractivity contribution < 1.29 is 9.72 Å². The van der Waals surface area contributed by atoms with Crippen molar-refractivity contribution in [1.29, 1.82) is 0 Å². The highest BCUT2D eigenvalue weighted by Gasteiger charge is 2.16. The Labute approximate surface area is 143 Å². The number of benzene rings is 2. The minimum atomic E-state index is -0.499. The summed E-state index contributed by atoms with van der Waals surface area (Å²) in [6, 6.07) is 10.0. The van der Waals surface area contributed by atoms with Gasteiger partial charge in [0.15, 0.2) is 5.13 Å². The Morgan fingerprint density at radius 2 is 2.09 bits per heavy atom. The lowest BCUT2D eigenvalue weighted by molar-refractivity contribution is -0.385. The van der Waals surface area contributed by atoms with Crippen LogP contribution in [-0.2, 0) is 0 Å². The Bertz CT molecular complexity index is 939. The number of nitrogens with one attached hydrogen (secondary N) is 1. The van der Waals surface area contributed by atoms with Gasteiger partial charge in [-0.25, -0.2) is 4.98 Å². The summed E-state index contributed by atoms with van der Waals surface area (Å²) in [5.74, 6) is -0.425. The van der Waals surface area contributed by atoms with Gasteiger partial charge in [0, 0.05) is 21.7 Å². The molecule has 1 heterocycles. The Kier molecular flexibility index (Phi) is 4.10. The predicted molar refractivity (Wildman–Crippen MR) is 93.1 cm³/mol. The number of nitro groups is 1. The van der Waals surface area contributed by atoms with E-state index in [0.717, 1.165) is 14.7 Å². The van der Waals surface area contributed by atoms with Crippen LogP contribution in [0.2, 0.25) is 0 Å². The molecule has 1 N–H and O–H groups in total. The number of carbonyl (C=O) groups is 1. The van der Waals surface area contributed by atoms with Crippen molar-refractivity contribution in [2.45, 2.75) is 6.92 Å². The van der Waals surface area contributed by atoms with Gasteiger partial charge in [-0.05, 0) is 31.2 Å². The van der Waals surface area contributed by atoms with Gasteiger partial charge in [-0.1, -0.05) is 33.3 Å². The van der Waals surface area contributed by atoms with Crippen molar-refractivity contribution in [2.24, 2.45) is 0 Å². The van der Waals surface area contributed by atoms with E-state index in [1.54, 1.807) is 19.1 Å². The largest absolute Gasteiger partial charge is 0.298 e. The van der Waals surface area contributed by atoms with Gasteiger partial charge < -0.3 is 0 Å². The van der Waals surface area contributed by atoms with Crippen molar-refractivity contribution in [3.63, 3.8) is 0 Å². The monoisotopic (exact) mass is 391 g/mol. The second-order valence-electron chi connectivity index (χ2n) is 4.84. The molecular formula is C15H10BrN3O3S. The van der Waals surface area contributed by atoms with E-state index in [2.05, 4.69) is 26.2 Å². The van der Waals surface area contributed by atoms with Gasteiger partial charge >= 0.3 is 0 Å². The van der Waals surface area contributed by atoms with Crippen LogP contribution < -0.4 is 5.32 Å². The number of amides is 1. The summed E-state index contributed by atoms with van der Waals surface area (Å²) >= 11 is 4.73. The van der Waals surface area contributed by atoms with E-state index < -0.39 is 10.8 Å². The fourth-order valence-corrected chi connectivity index (χ4v) is 3.48. The molecule has 0 unspecified atom stereocenters. The number of hydrogen-bond acceptors (Lipinski definition) is 5. The molecule has 8 heteroatoms. The molecule has 116 valence electrons. The lowest BCUT2D eigenvalue weighted by atomic mass is 10.1. The van der Waals surface area contributed by atoms with Gasteiger partial charge in [-0.3, -0.25) is 20.2 Å². The number of aryl methyl sites for hydroxylation is 1. The van der Waals surface area contributed by atoms with Gasteiger partial charge in [0.25, 0.3) is 11.6 Å². The number of carbonyl (C=O) groups excluding carboxylic acids is 1. The predicted octanol–water partition coefficient (Wildman–Crippen LogP) is 4.53. The van der Waals surface area contributed by atoms with Crippen LogP contribution in [0, 0.1) is 17.0 Å². The standard InChI is InChI=1S/C15H10BrN3O3S/c1-8-2-3-9(6-12(8)19(21)22)14(20)18-15-17-11-5-4-10(16)7-13(11)23-15/h2-7H,1H3,(H,17,18,20). The second-order valence-corrected chi connectivity index (χ2v) is 6.79. The molecule has 3 aromatic rings. The van der Waals surface area contributed by atoms with Crippen LogP contribution in [0.15, 0.2) is 40.9 Å². The van der Waals surface area contributed by atoms with E-state index in [-0.39, 0.29) is 11.3 Å². The van der Waals surface area contributed by atoms with Gasteiger partial charge in [0.1, 0.15) is 0 Å². The molecule has 0 spiro atoms. The van der Waals surface area contributed by atoms with Gasteiger partial charge in [-0.15, -0.1) is 0 Å². The van der Waals surface area contributed by atoms with E-state index in [1.807, 2.05) is 18.2 Å². The molecule has 0 radical (unpaired) electrons. The molecule has 1 aromatic heterocycles. The highest BCUT2D eigenvalue weighted by Crippen LogP contribution is 2.29. The number of fused-ring (bicyclic) bond motifs is 1. The molecule has 0 bridgehead atoms. The summed E-state index contributed by atoms with van der Waals surface area (Å²) in [7, 11) is 0. The summed E-state index contributed by atoms with van der Waals surface area (Å²) in [5, 5.41) is 14.1. The SMILES string of the molecule is Cc1ccc(C(=O)Nc2nc3ccc(Br)cc3s2)cc1[N+](=O)[O-]. The third-order valence-electron chi connectivity index (χ3n) is 3.24. The summed E-state index contributed by atoms with van der Waals surface area (Å²) in [6.07, 6.45) is 0. The summed E-state index contributed by atoms with van der Waals surface area (Å²) < 4.78 is 1.87. The average Bonchev–Trinajstić information content (AvgIpc) is 2.88. The molecule has 0 saturated carbocycles. The maximum Gasteiger partial charge on any atom is 0.273 e. The summed E-state index contributed by atoms with van der Waals surface area (Å²) in [4.78, 5) is 27.1. The van der Waals surface area contributed by atoms with Crippen LogP contribution in [0.5, 0.6) is 0 Å². The van der Waals surface area contributed by atoms with Gasteiger partial charge in [-0.2, -0.15) is 0 Å². The van der Waals surface area contributed by atoms with Crippen molar-refractivity contribution in [1.82, 2.24) is 4.98 Å². The first kappa shape index (κ1) is 15.6. The van der Waals surface area contributed by atoms with E-state index >= 15 is 0 Å². The first-order chi connectivity index (χ1) is 10.9. The molecule has 6 nitrogen and oxygen atoms in total. The molecule has 0 atom stereocenters. The second kappa shape index (κ2) is 6.05. The lowest BCUT2D eigenvalue weighted by Gasteiger charge is -2.03. The molecule has 23 heavy (non-hydrogen) atoms. The molecule has 0 aliphatic carbocycles. The number of hydrogen-bond donors (Lipinski definition) is 1. The number of aromatic nitrogens is 1. The first-order valence-electron chi connectivity index (χ1n) is 6.56. The summed E-state index contributed by atoms with van der Waals surface area (Å²) in [5.41, 5.74) is 1.44. The zero-order valence-corrected chi connectivity index (χ0v) is 14.3. The smallest absolute Gasteiger partial charge is 0.273 e. The third-order valence-corrected chi connectivity index (χ3v) is 4.67. The van der Waals surface area contributed by atoms with Crippen LogP contribution >= 0.6 is 27.3 Å². The number of anilines is 1. The molecule has 0 aliphatic rings. The third kappa shape index (κ3) is 3.22. The maximum absolute atomic E-state index is 12.3. The van der Waals surface area contributed by atoms with E-state index in [0.29, 0.717) is 10.7 Å². The summed E-state index contributed by atoms with van der Waals surface area (Å²) in [6.45, 7) is 1.63. The van der Waals surface area contributed by atoms with E-state index in [4.69, 9.17) is 0 Å². The number of halogens is 1. The van der Waals surface area contributed by atoms with Crippen LogP contribution in [-0.4, -0.2) is 15.8 Å². The van der Waals surface area contributed by atoms with E-state index in [1.165, 1.54) is 17.4 Å². The Morgan fingerprint density at radius 3 is 2.83 bits per heavy atom. The minimum absolute atomic E-state index is 0.0779. The fourth-order valence-electron chi connectivity index (χ4n) is 2.07. The zero-order chi connectivity index (χ0) is 16.6. The van der Waals surface area contributed by atoms with E-state index in [9.17, 15) is 14.9 Å². The topological polar surface area (TPSA) is 85.1 Å². The average molecular weight is 392 g/mol. The number of nitrogens with zero attached hydrogens (tertiary/aromatic N) is 2. The maximum atomic E-state index is 12.3. The normalized spacial score (nSPS) is 10.7. The zero-order valence-electron chi connectivity index (χ0n) is 11.9. The van der Waals surface area contributed by atoms with Gasteiger partial charge in [0.2, 0.25) is 0 Å². The molecule has 0 aliphatic heterocycles. The minimum Gasteiger partial charge on any atom is -0.298 e. The molecular weight excluding hydrogens is 382 g/mol. The number of thiazole rings is 1. The highest BCUT2D eigenvalue weighted by molar-refractivity contribution is 9.10. The number of rotatable bonds is 3. The fraction of sp³-hybridized carbons (Fsp3) is 0.0667. The van der Waals surface area contributed by atoms with Crippen molar-refractivity contribution in [2.75, 3.05) is 5.32 Å². The quantitative estimate of drug-likeness (QED) is 0.524. The Balaban J connectivity index is 1.88. The Morgan fingerprint density at radius 1 is 1.30 bits per heavy atom. The van der Waals surface area contributed by atoms with Crippen LogP contribution in [0.4, 0.5) is 10.8 Å². The first-order valence-corrected chi connectivity index (χ1v) is 8.17. The highest BCUT2D eigenvalue weighted by atomic mass is 79.9. The van der Waals surface area contributed by atoms with Crippen molar-refractivity contribution in [3.8, 4) is 0 Å². The van der Waals surface area contributed by atoms with Crippen molar-refractivity contribution in [3.05, 3.63) is 62.1 Å². The molecule has 0 fully saturated rings. The van der Waals surface area contributed by atoms with Gasteiger partial charge in [0.05, 0.1) is 15.1 Å². The number of nitro benzene ring substituents is 1. The molecule has 1 amide bonds.